The Hall–Kier alpha value is -0.0400. The molecule has 1 N–H and O–H groups in total. The van der Waals surface area contributed by atoms with Crippen molar-refractivity contribution < 1.29 is 0 Å². The molecule has 1 aliphatic heterocycles. The van der Waals surface area contributed by atoms with Gasteiger partial charge in [0.1, 0.15) is 0 Å². The van der Waals surface area contributed by atoms with Gasteiger partial charge in [0.2, 0.25) is 0 Å². The summed E-state index contributed by atoms with van der Waals surface area (Å²) in [5.41, 5.74) is 0. The minimum absolute atomic E-state index is 0.769. The lowest BCUT2D eigenvalue weighted by Crippen LogP contribution is -2.39. The molecule has 0 aromatic rings. The summed E-state index contributed by atoms with van der Waals surface area (Å²) in [6.45, 7) is 5.99. The molecule has 1 aliphatic carbocycles. The van der Waals surface area contributed by atoms with Gasteiger partial charge in [-0.15, -0.1) is 0 Å². The Morgan fingerprint density at radius 3 is 2.60 bits per heavy atom. The van der Waals surface area contributed by atoms with Gasteiger partial charge in [-0.25, -0.2) is 0 Å². The summed E-state index contributed by atoms with van der Waals surface area (Å²) >= 11 is 0. The molecule has 0 amide bonds. The van der Waals surface area contributed by atoms with Gasteiger partial charge in [0, 0.05) is 6.04 Å². The van der Waals surface area contributed by atoms with Crippen molar-refractivity contribution in [2.45, 2.75) is 64.8 Å². The Kier molecular flexibility index (Phi) is 4.07. The van der Waals surface area contributed by atoms with Crippen molar-refractivity contribution in [3.63, 3.8) is 0 Å². The number of piperidine rings is 1. The molecule has 0 bridgehead atoms. The van der Waals surface area contributed by atoms with Crippen molar-refractivity contribution in [1.82, 2.24) is 5.32 Å². The third-order valence-electron chi connectivity index (χ3n) is 4.73. The summed E-state index contributed by atoms with van der Waals surface area (Å²) in [5, 5.41) is 3.58. The van der Waals surface area contributed by atoms with Crippen LogP contribution in [0.4, 0.5) is 0 Å². The first-order valence-electron chi connectivity index (χ1n) is 7.03. The van der Waals surface area contributed by atoms with Crippen LogP contribution in [0.3, 0.4) is 0 Å². The second-order valence-corrected chi connectivity index (χ2v) is 5.84. The average Bonchev–Trinajstić information content (AvgIpc) is 2.29. The Balaban J connectivity index is 1.86. The Bertz CT molecular complexity index is 190. The molecular weight excluding hydrogens is 182 g/mol. The van der Waals surface area contributed by atoms with Gasteiger partial charge >= 0.3 is 0 Å². The van der Waals surface area contributed by atoms with Crippen molar-refractivity contribution in [3.05, 3.63) is 0 Å². The quantitative estimate of drug-likeness (QED) is 0.733. The van der Waals surface area contributed by atoms with E-state index in [1.807, 2.05) is 0 Å². The third kappa shape index (κ3) is 2.96. The van der Waals surface area contributed by atoms with E-state index in [4.69, 9.17) is 0 Å². The van der Waals surface area contributed by atoms with Crippen LogP contribution < -0.4 is 5.32 Å². The molecular formula is C14H27N. The molecule has 0 spiro atoms. The Morgan fingerprint density at radius 1 is 1.07 bits per heavy atom. The van der Waals surface area contributed by atoms with Crippen LogP contribution in [0.1, 0.15) is 58.8 Å². The van der Waals surface area contributed by atoms with Crippen molar-refractivity contribution >= 4 is 0 Å². The molecule has 0 radical (unpaired) electrons. The molecule has 1 saturated carbocycles. The number of nitrogens with one attached hydrogen (secondary N) is 1. The number of hydrogen-bond donors (Lipinski definition) is 1. The molecule has 15 heavy (non-hydrogen) atoms. The molecule has 0 aromatic heterocycles. The van der Waals surface area contributed by atoms with E-state index in [1.54, 1.807) is 0 Å². The molecule has 1 saturated heterocycles. The lowest BCUT2D eigenvalue weighted by atomic mass is 9.71. The van der Waals surface area contributed by atoms with E-state index in [2.05, 4.69) is 19.2 Å². The third-order valence-corrected chi connectivity index (χ3v) is 4.73. The SMILES string of the molecule is CCC1CCCC(C2CCNC(C)C2)C1. The van der Waals surface area contributed by atoms with Crippen LogP contribution in [0.5, 0.6) is 0 Å². The summed E-state index contributed by atoms with van der Waals surface area (Å²) < 4.78 is 0. The lowest BCUT2D eigenvalue weighted by Gasteiger charge is -2.38. The fourth-order valence-corrected chi connectivity index (χ4v) is 3.73. The zero-order valence-corrected chi connectivity index (χ0v) is 10.5. The fourth-order valence-electron chi connectivity index (χ4n) is 3.73. The highest BCUT2D eigenvalue weighted by Crippen LogP contribution is 2.39. The molecule has 4 atom stereocenters. The molecule has 2 rings (SSSR count). The van der Waals surface area contributed by atoms with Crippen LogP contribution in [0, 0.1) is 17.8 Å². The van der Waals surface area contributed by atoms with Crippen LogP contribution in [-0.2, 0) is 0 Å². The van der Waals surface area contributed by atoms with E-state index in [-0.39, 0.29) is 0 Å². The van der Waals surface area contributed by atoms with Crippen LogP contribution in [0.15, 0.2) is 0 Å². The molecule has 2 fully saturated rings. The fraction of sp³-hybridized carbons (Fsp3) is 1.00. The Labute approximate surface area is 95.0 Å². The number of hydrogen-bond acceptors (Lipinski definition) is 1. The maximum atomic E-state index is 3.58. The van der Waals surface area contributed by atoms with Gasteiger partial charge in [0.05, 0.1) is 0 Å². The first-order chi connectivity index (χ1) is 7.29. The highest BCUT2D eigenvalue weighted by molar-refractivity contribution is 4.83. The lowest BCUT2D eigenvalue weighted by molar-refractivity contribution is 0.148. The highest BCUT2D eigenvalue weighted by atomic mass is 14.9. The van der Waals surface area contributed by atoms with Crippen LogP contribution >= 0.6 is 0 Å². The molecule has 4 unspecified atom stereocenters. The molecule has 88 valence electrons. The van der Waals surface area contributed by atoms with Gasteiger partial charge < -0.3 is 5.32 Å². The zero-order chi connectivity index (χ0) is 10.7. The maximum Gasteiger partial charge on any atom is 0.00414 e. The minimum atomic E-state index is 0.769. The summed E-state index contributed by atoms with van der Waals surface area (Å²) in [6.07, 6.45) is 10.3. The van der Waals surface area contributed by atoms with Crippen molar-refractivity contribution in [1.29, 1.82) is 0 Å². The van der Waals surface area contributed by atoms with E-state index in [1.165, 1.54) is 51.5 Å². The predicted octanol–water partition coefficient (Wildman–Crippen LogP) is 3.59. The predicted molar refractivity (Wildman–Crippen MR) is 65.9 cm³/mol. The number of rotatable bonds is 2. The summed E-state index contributed by atoms with van der Waals surface area (Å²) in [5.74, 6) is 3.15. The smallest absolute Gasteiger partial charge is 0.00414 e. The summed E-state index contributed by atoms with van der Waals surface area (Å²) in [4.78, 5) is 0. The highest BCUT2D eigenvalue weighted by Gasteiger charge is 2.30. The van der Waals surface area contributed by atoms with Gasteiger partial charge in [0.25, 0.3) is 0 Å². The largest absolute Gasteiger partial charge is 0.314 e. The minimum Gasteiger partial charge on any atom is -0.314 e. The van der Waals surface area contributed by atoms with Gasteiger partial charge in [-0.05, 0) is 50.5 Å². The first kappa shape index (κ1) is 11.4. The molecule has 2 aliphatic rings. The van der Waals surface area contributed by atoms with Crippen LogP contribution in [-0.4, -0.2) is 12.6 Å². The first-order valence-corrected chi connectivity index (χ1v) is 7.03. The summed E-state index contributed by atoms with van der Waals surface area (Å²) in [6, 6.07) is 0.769. The van der Waals surface area contributed by atoms with E-state index in [0.29, 0.717) is 0 Å². The van der Waals surface area contributed by atoms with Crippen LogP contribution in [0.2, 0.25) is 0 Å². The molecule has 0 aromatic carbocycles. The maximum absolute atomic E-state index is 3.58. The molecule has 1 heterocycles. The standard InChI is InChI=1S/C14H27N/c1-3-12-5-4-6-13(10-12)14-7-8-15-11(2)9-14/h11-15H,3-10H2,1-2H3. The van der Waals surface area contributed by atoms with Crippen molar-refractivity contribution in [2.75, 3.05) is 6.54 Å². The van der Waals surface area contributed by atoms with Gasteiger partial charge in [-0.3, -0.25) is 0 Å². The van der Waals surface area contributed by atoms with E-state index < -0.39 is 0 Å². The summed E-state index contributed by atoms with van der Waals surface area (Å²) in [7, 11) is 0. The van der Waals surface area contributed by atoms with Gasteiger partial charge in [0.15, 0.2) is 0 Å². The topological polar surface area (TPSA) is 12.0 Å². The van der Waals surface area contributed by atoms with Crippen molar-refractivity contribution in [3.8, 4) is 0 Å². The van der Waals surface area contributed by atoms with Gasteiger partial charge in [-0.2, -0.15) is 0 Å². The monoisotopic (exact) mass is 209 g/mol. The molecule has 1 nitrogen and oxygen atoms in total. The molecule has 1 heteroatoms. The van der Waals surface area contributed by atoms with Crippen LogP contribution in [0.25, 0.3) is 0 Å². The zero-order valence-electron chi connectivity index (χ0n) is 10.5. The van der Waals surface area contributed by atoms with Crippen molar-refractivity contribution in [2.24, 2.45) is 17.8 Å². The van der Waals surface area contributed by atoms with E-state index >= 15 is 0 Å². The second-order valence-electron chi connectivity index (χ2n) is 5.84. The second kappa shape index (κ2) is 5.34. The normalized spacial score (nSPS) is 42.8. The van der Waals surface area contributed by atoms with E-state index in [9.17, 15) is 0 Å². The van der Waals surface area contributed by atoms with Gasteiger partial charge in [-0.1, -0.05) is 32.6 Å². The van der Waals surface area contributed by atoms with E-state index in [0.717, 1.165) is 23.8 Å². The average molecular weight is 209 g/mol. The Morgan fingerprint density at radius 2 is 1.87 bits per heavy atom.